The third kappa shape index (κ3) is 4.41. The van der Waals surface area contributed by atoms with Gasteiger partial charge in [0.2, 0.25) is 0 Å². The summed E-state index contributed by atoms with van der Waals surface area (Å²) in [6.07, 6.45) is 2.79. The summed E-state index contributed by atoms with van der Waals surface area (Å²) >= 11 is 6.89. The summed E-state index contributed by atoms with van der Waals surface area (Å²) in [5, 5.41) is 3.26. The molecule has 1 atom stereocenters. The number of pyridine rings is 1. The van der Waals surface area contributed by atoms with Gasteiger partial charge < -0.3 is 5.32 Å². The van der Waals surface area contributed by atoms with Crippen LogP contribution in [0.4, 0.5) is 0 Å². The van der Waals surface area contributed by atoms with E-state index in [2.05, 4.69) is 72.5 Å². The van der Waals surface area contributed by atoms with Crippen molar-refractivity contribution >= 4 is 31.9 Å². The van der Waals surface area contributed by atoms with E-state index in [1.54, 1.807) is 0 Å². The van der Waals surface area contributed by atoms with Crippen LogP contribution in [-0.2, 0) is 6.42 Å². The van der Waals surface area contributed by atoms with E-state index < -0.39 is 0 Å². The Labute approximate surface area is 130 Å². The van der Waals surface area contributed by atoms with E-state index in [0.29, 0.717) is 5.92 Å². The van der Waals surface area contributed by atoms with Crippen LogP contribution in [0.25, 0.3) is 0 Å². The number of nitrogens with one attached hydrogen (secondary N) is 1. The first-order valence-electron chi connectivity index (χ1n) is 6.19. The smallest absolute Gasteiger partial charge is 0.0413 e. The zero-order valence-electron chi connectivity index (χ0n) is 10.7. The molecule has 0 bridgehead atoms. The normalized spacial score (nSPS) is 12.4. The largest absolute Gasteiger partial charge is 0.319 e. The number of aromatic nitrogens is 1. The van der Waals surface area contributed by atoms with Gasteiger partial charge in [-0.05, 0) is 59.2 Å². The zero-order chi connectivity index (χ0) is 13.7. The maximum Gasteiger partial charge on any atom is 0.0413 e. The topological polar surface area (TPSA) is 24.9 Å². The summed E-state index contributed by atoms with van der Waals surface area (Å²) in [7, 11) is 1.99. The molecular formula is C15H16Br2N2. The lowest BCUT2D eigenvalue weighted by Crippen LogP contribution is -2.19. The lowest BCUT2D eigenvalue weighted by Gasteiger charge is -2.17. The Morgan fingerprint density at radius 1 is 1.05 bits per heavy atom. The fraction of sp³-hybridized carbons (Fsp3) is 0.267. The molecule has 1 aromatic carbocycles. The van der Waals surface area contributed by atoms with E-state index in [-0.39, 0.29) is 0 Å². The molecule has 100 valence electrons. The fourth-order valence-corrected chi connectivity index (χ4v) is 2.57. The molecule has 0 amide bonds. The number of halogens is 2. The molecular weight excluding hydrogens is 368 g/mol. The van der Waals surface area contributed by atoms with Crippen LogP contribution in [0.5, 0.6) is 0 Å². The van der Waals surface area contributed by atoms with E-state index in [0.717, 1.165) is 27.6 Å². The second-order valence-electron chi connectivity index (χ2n) is 4.48. The SMILES string of the molecule is CNCC(Cc1ccc(Br)cn1)c1ccc(Br)cc1. The molecule has 4 heteroatoms. The molecule has 2 nitrogen and oxygen atoms in total. The summed E-state index contributed by atoms with van der Waals surface area (Å²) < 4.78 is 2.13. The van der Waals surface area contributed by atoms with Crippen molar-refractivity contribution in [3.8, 4) is 0 Å². The molecule has 1 aromatic heterocycles. The van der Waals surface area contributed by atoms with Crippen LogP contribution < -0.4 is 5.32 Å². The highest BCUT2D eigenvalue weighted by atomic mass is 79.9. The lowest BCUT2D eigenvalue weighted by atomic mass is 9.94. The van der Waals surface area contributed by atoms with Gasteiger partial charge in [0.15, 0.2) is 0 Å². The van der Waals surface area contributed by atoms with Crippen LogP contribution in [0.3, 0.4) is 0 Å². The van der Waals surface area contributed by atoms with Gasteiger partial charge in [0, 0.05) is 33.3 Å². The highest BCUT2D eigenvalue weighted by Crippen LogP contribution is 2.22. The summed E-state index contributed by atoms with van der Waals surface area (Å²) in [4.78, 5) is 4.46. The van der Waals surface area contributed by atoms with Crippen LogP contribution in [0.15, 0.2) is 51.5 Å². The van der Waals surface area contributed by atoms with Crippen molar-refractivity contribution in [2.75, 3.05) is 13.6 Å². The van der Waals surface area contributed by atoms with Crippen molar-refractivity contribution in [2.24, 2.45) is 0 Å². The Morgan fingerprint density at radius 2 is 1.74 bits per heavy atom. The number of nitrogens with zero attached hydrogens (tertiary/aromatic N) is 1. The summed E-state index contributed by atoms with van der Waals surface area (Å²) in [5.41, 5.74) is 2.45. The van der Waals surface area contributed by atoms with Gasteiger partial charge in [0.1, 0.15) is 0 Å². The summed E-state index contributed by atoms with van der Waals surface area (Å²) in [6.45, 7) is 0.944. The van der Waals surface area contributed by atoms with Crippen molar-refractivity contribution in [3.05, 3.63) is 62.8 Å². The van der Waals surface area contributed by atoms with E-state index in [9.17, 15) is 0 Å². The van der Waals surface area contributed by atoms with Gasteiger partial charge in [0.05, 0.1) is 0 Å². The van der Waals surface area contributed by atoms with Crippen LogP contribution in [0, 0.1) is 0 Å². The zero-order valence-corrected chi connectivity index (χ0v) is 13.9. The van der Waals surface area contributed by atoms with Gasteiger partial charge in [-0.15, -0.1) is 0 Å². The molecule has 19 heavy (non-hydrogen) atoms. The third-order valence-corrected chi connectivity index (χ3v) is 4.03. The highest BCUT2D eigenvalue weighted by molar-refractivity contribution is 9.10. The first-order valence-corrected chi connectivity index (χ1v) is 7.78. The minimum Gasteiger partial charge on any atom is -0.319 e. The molecule has 0 saturated heterocycles. The van der Waals surface area contributed by atoms with Gasteiger partial charge >= 0.3 is 0 Å². The molecule has 1 unspecified atom stereocenters. The Kier molecular flexibility index (Phi) is 5.55. The molecule has 0 fully saturated rings. The summed E-state index contributed by atoms with van der Waals surface area (Å²) in [6, 6.07) is 12.6. The third-order valence-electron chi connectivity index (χ3n) is 3.04. The van der Waals surface area contributed by atoms with Crippen LogP contribution in [0.2, 0.25) is 0 Å². The molecule has 2 aromatic rings. The number of benzene rings is 1. The fourth-order valence-electron chi connectivity index (χ4n) is 2.07. The second kappa shape index (κ2) is 7.17. The van der Waals surface area contributed by atoms with E-state index in [4.69, 9.17) is 0 Å². The quantitative estimate of drug-likeness (QED) is 0.838. The number of hydrogen-bond donors (Lipinski definition) is 1. The molecule has 0 aliphatic heterocycles. The average molecular weight is 384 g/mol. The van der Waals surface area contributed by atoms with Crippen LogP contribution in [0.1, 0.15) is 17.2 Å². The Balaban J connectivity index is 2.15. The molecule has 0 aliphatic rings. The molecule has 2 rings (SSSR count). The minimum absolute atomic E-state index is 0.437. The molecule has 1 heterocycles. The van der Waals surface area contributed by atoms with Crippen molar-refractivity contribution in [3.63, 3.8) is 0 Å². The molecule has 0 aliphatic carbocycles. The Morgan fingerprint density at radius 3 is 2.32 bits per heavy atom. The van der Waals surface area contributed by atoms with Gasteiger partial charge in [-0.25, -0.2) is 0 Å². The first-order chi connectivity index (χ1) is 9.19. The Hall–Kier alpha value is -0.710. The van der Waals surface area contributed by atoms with Gasteiger partial charge in [0.25, 0.3) is 0 Å². The van der Waals surface area contributed by atoms with Crippen molar-refractivity contribution in [2.45, 2.75) is 12.3 Å². The Bertz CT molecular complexity index is 509. The maximum atomic E-state index is 4.46. The monoisotopic (exact) mass is 382 g/mol. The lowest BCUT2D eigenvalue weighted by molar-refractivity contribution is 0.618. The van der Waals surface area contributed by atoms with Crippen molar-refractivity contribution in [1.29, 1.82) is 0 Å². The predicted octanol–water partition coefficient (Wildman–Crippen LogP) is 4.15. The number of rotatable bonds is 5. The van der Waals surface area contributed by atoms with Crippen molar-refractivity contribution in [1.82, 2.24) is 10.3 Å². The van der Waals surface area contributed by atoms with Crippen molar-refractivity contribution < 1.29 is 0 Å². The number of likely N-dealkylation sites (N-methyl/N-ethyl adjacent to an activating group) is 1. The van der Waals surface area contributed by atoms with Gasteiger partial charge in [-0.3, -0.25) is 4.98 Å². The molecule has 0 radical (unpaired) electrons. The second-order valence-corrected chi connectivity index (χ2v) is 6.31. The van der Waals surface area contributed by atoms with Gasteiger partial charge in [-0.1, -0.05) is 28.1 Å². The standard InChI is InChI=1S/C15H16Br2N2/c1-18-9-12(11-2-4-13(16)5-3-11)8-15-7-6-14(17)10-19-15/h2-7,10,12,18H,8-9H2,1H3. The maximum absolute atomic E-state index is 4.46. The average Bonchev–Trinajstić information content (AvgIpc) is 2.42. The van der Waals surface area contributed by atoms with E-state index in [1.807, 2.05) is 19.3 Å². The van der Waals surface area contributed by atoms with Crippen LogP contribution >= 0.6 is 31.9 Å². The summed E-state index contributed by atoms with van der Waals surface area (Å²) in [5.74, 6) is 0.437. The van der Waals surface area contributed by atoms with E-state index in [1.165, 1.54) is 5.56 Å². The highest BCUT2D eigenvalue weighted by Gasteiger charge is 2.12. The first kappa shape index (κ1) is 14.7. The molecule has 0 spiro atoms. The predicted molar refractivity (Wildman–Crippen MR) is 86.5 cm³/mol. The molecule has 0 saturated carbocycles. The minimum atomic E-state index is 0.437. The van der Waals surface area contributed by atoms with Gasteiger partial charge in [-0.2, -0.15) is 0 Å². The molecule has 1 N–H and O–H groups in total. The van der Waals surface area contributed by atoms with E-state index >= 15 is 0 Å². The van der Waals surface area contributed by atoms with Crippen LogP contribution in [-0.4, -0.2) is 18.6 Å². The number of hydrogen-bond acceptors (Lipinski definition) is 2.